The number of amides is 1. The number of carbonyl (C=O) groups excluding carboxylic acids is 1. The predicted octanol–water partition coefficient (Wildman–Crippen LogP) is 2.79. The Morgan fingerprint density at radius 3 is 2.42 bits per heavy atom. The summed E-state index contributed by atoms with van der Waals surface area (Å²) in [6, 6.07) is 18.0. The molecule has 1 fully saturated rings. The van der Waals surface area contributed by atoms with Gasteiger partial charge in [0.2, 0.25) is 0 Å². The van der Waals surface area contributed by atoms with Gasteiger partial charge in [-0.25, -0.2) is 8.42 Å². The van der Waals surface area contributed by atoms with Gasteiger partial charge in [-0.3, -0.25) is 19.0 Å². The second-order valence-corrected chi connectivity index (χ2v) is 10.3. The molecular weight excluding hydrogens is 436 g/mol. The number of nitrogens with zero attached hydrogens (tertiary/aromatic N) is 4. The van der Waals surface area contributed by atoms with Crippen molar-refractivity contribution in [1.82, 2.24) is 14.8 Å². The lowest BCUT2D eigenvalue weighted by atomic mass is 10.1. The van der Waals surface area contributed by atoms with Crippen LogP contribution in [-0.4, -0.2) is 61.8 Å². The molecule has 0 bridgehead atoms. The summed E-state index contributed by atoms with van der Waals surface area (Å²) in [6.45, 7) is 4.02. The lowest BCUT2D eigenvalue weighted by Crippen LogP contribution is -2.48. The molecule has 2 aromatic carbocycles. The maximum atomic E-state index is 13.4. The van der Waals surface area contributed by atoms with Crippen molar-refractivity contribution < 1.29 is 13.2 Å². The Bertz CT molecular complexity index is 1260. The van der Waals surface area contributed by atoms with Crippen molar-refractivity contribution >= 4 is 21.6 Å². The van der Waals surface area contributed by atoms with Crippen LogP contribution in [0.4, 0.5) is 5.69 Å². The third kappa shape index (κ3) is 4.36. The van der Waals surface area contributed by atoms with E-state index in [1.807, 2.05) is 36.4 Å². The third-order valence-electron chi connectivity index (χ3n) is 6.33. The van der Waals surface area contributed by atoms with Gasteiger partial charge in [0, 0.05) is 57.2 Å². The molecule has 1 amide bonds. The minimum Gasteiger partial charge on any atom is -0.336 e. The van der Waals surface area contributed by atoms with Crippen molar-refractivity contribution in [3.05, 3.63) is 89.7 Å². The molecule has 1 saturated heterocycles. The van der Waals surface area contributed by atoms with E-state index in [9.17, 15) is 13.2 Å². The number of sulfonamides is 1. The van der Waals surface area contributed by atoms with Crippen molar-refractivity contribution in [3.63, 3.8) is 0 Å². The van der Waals surface area contributed by atoms with Crippen LogP contribution in [0.25, 0.3) is 0 Å². The van der Waals surface area contributed by atoms with Crippen molar-refractivity contribution in [2.75, 3.05) is 37.0 Å². The number of aromatic nitrogens is 1. The summed E-state index contributed by atoms with van der Waals surface area (Å²) in [6.07, 6.45) is 4.27. The zero-order valence-corrected chi connectivity index (χ0v) is 19.1. The van der Waals surface area contributed by atoms with E-state index in [0.717, 1.165) is 30.9 Å². The maximum absolute atomic E-state index is 13.4. The molecule has 3 heterocycles. The highest BCUT2D eigenvalue weighted by molar-refractivity contribution is 7.92. The standard InChI is InChI=1S/C25H26N4O3S/c30-25(28-16-14-27(15-17-28)19-20-8-11-26-12-9-20)22-5-3-6-23(18-22)33(31,32)29-13-10-21-4-1-2-7-24(21)29/h1-9,11-12,18H,10,13-17,19H2. The Balaban J connectivity index is 1.28. The number of pyridine rings is 1. The van der Waals surface area contributed by atoms with Crippen LogP contribution in [-0.2, 0) is 23.0 Å². The second-order valence-electron chi connectivity index (χ2n) is 8.41. The SMILES string of the molecule is O=C(c1cccc(S(=O)(=O)N2CCc3ccccc32)c1)N1CCN(Cc2ccncc2)CC1. The maximum Gasteiger partial charge on any atom is 0.264 e. The van der Waals surface area contributed by atoms with E-state index >= 15 is 0 Å². The van der Waals surface area contributed by atoms with Gasteiger partial charge >= 0.3 is 0 Å². The second kappa shape index (κ2) is 8.96. The van der Waals surface area contributed by atoms with Gasteiger partial charge in [0.05, 0.1) is 10.6 Å². The smallest absolute Gasteiger partial charge is 0.264 e. The minimum atomic E-state index is -3.73. The van der Waals surface area contributed by atoms with Crippen LogP contribution in [0.5, 0.6) is 0 Å². The Morgan fingerprint density at radius 2 is 1.64 bits per heavy atom. The van der Waals surface area contributed by atoms with E-state index in [1.165, 1.54) is 15.9 Å². The lowest BCUT2D eigenvalue weighted by Gasteiger charge is -2.34. The van der Waals surface area contributed by atoms with Crippen LogP contribution in [0.1, 0.15) is 21.5 Å². The van der Waals surface area contributed by atoms with Crippen LogP contribution in [0.3, 0.4) is 0 Å². The number of carbonyl (C=O) groups is 1. The molecule has 0 N–H and O–H groups in total. The fourth-order valence-corrected chi connectivity index (χ4v) is 6.06. The number of piperazine rings is 1. The minimum absolute atomic E-state index is 0.127. The summed E-state index contributed by atoms with van der Waals surface area (Å²) >= 11 is 0. The predicted molar refractivity (Wildman–Crippen MR) is 127 cm³/mol. The molecule has 1 aromatic heterocycles. The van der Waals surface area contributed by atoms with Gasteiger partial charge in [-0.15, -0.1) is 0 Å². The number of hydrogen-bond donors (Lipinski definition) is 0. The number of fused-ring (bicyclic) bond motifs is 1. The molecule has 0 unspecified atom stereocenters. The van der Waals surface area contributed by atoms with E-state index in [0.29, 0.717) is 31.6 Å². The van der Waals surface area contributed by atoms with Gasteiger partial charge in [0.1, 0.15) is 0 Å². The highest BCUT2D eigenvalue weighted by Gasteiger charge is 2.31. The molecule has 0 saturated carbocycles. The number of para-hydroxylation sites is 1. The average Bonchev–Trinajstić information content (AvgIpc) is 3.30. The quantitative estimate of drug-likeness (QED) is 0.583. The monoisotopic (exact) mass is 462 g/mol. The first-order chi connectivity index (χ1) is 16.0. The van der Waals surface area contributed by atoms with E-state index in [-0.39, 0.29) is 10.8 Å². The zero-order chi connectivity index (χ0) is 22.8. The van der Waals surface area contributed by atoms with E-state index in [4.69, 9.17) is 0 Å². The molecule has 33 heavy (non-hydrogen) atoms. The Hall–Kier alpha value is -3.23. The summed E-state index contributed by atoms with van der Waals surface area (Å²) in [5.41, 5.74) is 3.36. The number of anilines is 1. The molecule has 5 rings (SSSR count). The molecule has 7 nitrogen and oxygen atoms in total. The van der Waals surface area contributed by atoms with Crippen LogP contribution in [0.2, 0.25) is 0 Å². The molecule has 0 aliphatic carbocycles. The Labute approximate surface area is 194 Å². The van der Waals surface area contributed by atoms with Gasteiger partial charge < -0.3 is 4.90 Å². The Morgan fingerprint density at radius 1 is 0.879 bits per heavy atom. The molecular formula is C25H26N4O3S. The summed E-state index contributed by atoms with van der Waals surface area (Å²) in [5.74, 6) is -0.127. The third-order valence-corrected chi connectivity index (χ3v) is 8.14. The highest BCUT2D eigenvalue weighted by Crippen LogP contribution is 2.32. The summed E-state index contributed by atoms with van der Waals surface area (Å²) in [5, 5.41) is 0. The zero-order valence-electron chi connectivity index (χ0n) is 18.3. The van der Waals surface area contributed by atoms with Crippen LogP contribution in [0, 0.1) is 0 Å². The van der Waals surface area contributed by atoms with Crippen molar-refractivity contribution in [1.29, 1.82) is 0 Å². The highest BCUT2D eigenvalue weighted by atomic mass is 32.2. The average molecular weight is 463 g/mol. The molecule has 8 heteroatoms. The van der Waals surface area contributed by atoms with Gasteiger partial charge in [-0.2, -0.15) is 0 Å². The molecule has 0 atom stereocenters. The summed E-state index contributed by atoms with van der Waals surface area (Å²) in [4.78, 5) is 21.5. The van der Waals surface area contributed by atoms with E-state index < -0.39 is 10.0 Å². The number of benzene rings is 2. The van der Waals surface area contributed by atoms with Crippen LogP contribution in [0.15, 0.2) is 78.0 Å². The summed E-state index contributed by atoms with van der Waals surface area (Å²) < 4.78 is 28.2. The molecule has 0 spiro atoms. The number of rotatable bonds is 5. The van der Waals surface area contributed by atoms with E-state index in [2.05, 4.69) is 9.88 Å². The van der Waals surface area contributed by atoms with Crippen molar-refractivity contribution in [3.8, 4) is 0 Å². The van der Waals surface area contributed by atoms with E-state index in [1.54, 1.807) is 35.5 Å². The first-order valence-electron chi connectivity index (χ1n) is 11.1. The lowest BCUT2D eigenvalue weighted by molar-refractivity contribution is 0.0628. The van der Waals surface area contributed by atoms with Crippen LogP contribution < -0.4 is 4.31 Å². The topological polar surface area (TPSA) is 73.8 Å². The fourth-order valence-electron chi connectivity index (χ4n) is 4.51. The molecule has 2 aliphatic heterocycles. The molecule has 3 aromatic rings. The van der Waals surface area contributed by atoms with Crippen molar-refractivity contribution in [2.24, 2.45) is 0 Å². The van der Waals surface area contributed by atoms with Crippen LogP contribution >= 0.6 is 0 Å². The number of hydrogen-bond acceptors (Lipinski definition) is 5. The first kappa shape index (κ1) is 21.6. The van der Waals surface area contributed by atoms with Gasteiger partial charge in [-0.05, 0) is 53.9 Å². The molecule has 0 radical (unpaired) electrons. The van der Waals surface area contributed by atoms with Gasteiger partial charge in [0.15, 0.2) is 0 Å². The molecule has 2 aliphatic rings. The van der Waals surface area contributed by atoms with Gasteiger partial charge in [-0.1, -0.05) is 24.3 Å². The van der Waals surface area contributed by atoms with Gasteiger partial charge in [0.25, 0.3) is 15.9 Å². The molecule has 170 valence electrons. The normalized spacial score (nSPS) is 16.6. The fraction of sp³-hybridized carbons (Fsp3) is 0.280. The Kier molecular flexibility index (Phi) is 5.86. The summed E-state index contributed by atoms with van der Waals surface area (Å²) in [7, 11) is -3.73. The largest absolute Gasteiger partial charge is 0.336 e. The first-order valence-corrected chi connectivity index (χ1v) is 12.6. The van der Waals surface area contributed by atoms with Crippen molar-refractivity contribution in [2.45, 2.75) is 17.9 Å².